The molecule has 108 valence electrons. The van der Waals surface area contributed by atoms with Crippen LogP contribution >= 0.6 is 31.9 Å². The first kappa shape index (κ1) is 17.1. The maximum atomic E-state index is 12.2. The van der Waals surface area contributed by atoms with Crippen LogP contribution in [0.5, 0.6) is 0 Å². The summed E-state index contributed by atoms with van der Waals surface area (Å²) in [6, 6.07) is 4.92. The number of rotatable bonds is 6. The highest BCUT2D eigenvalue weighted by molar-refractivity contribution is 9.11. The molecule has 0 aliphatic carbocycles. The average Bonchev–Trinajstić information content (AvgIpc) is 2.39. The maximum Gasteiger partial charge on any atom is 0.241 e. The molecule has 0 spiro atoms. The molecule has 0 amide bonds. The quantitative estimate of drug-likeness (QED) is 0.751. The fourth-order valence-corrected chi connectivity index (χ4v) is 4.11. The number of nitrogens with one attached hydrogen (secondary N) is 1. The summed E-state index contributed by atoms with van der Waals surface area (Å²) in [5.41, 5.74) is -1.01. The van der Waals surface area contributed by atoms with Gasteiger partial charge >= 0.3 is 0 Å². The van der Waals surface area contributed by atoms with Gasteiger partial charge < -0.3 is 5.11 Å². The number of aliphatic hydroxyl groups is 1. The highest BCUT2D eigenvalue weighted by Crippen LogP contribution is 2.26. The summed E-state index contributed by atoms with van der Waals surface area (Å²) in [4.78, 5) is 0.149. The Hall–Kier alpha value is 0.0500. The van der Waals surface area contributed by atoms with E-state index in [0.29, 0.717) is 21.8 Å². The van der Waals surface area contributed by atoms with Gasteiger partial charge in [0.2, 0.25) is 10.0 Å². The van der Waals surface area contributed by atoms with Crippen molar-refractivity contribution in [3.8, 4) is 0 Å². The molecule has 0 aromatic heterocycles. The number of hydrogen-bond donors (Lipinski definition) is 2. The van der Waals surface area contributed by atoms with Gasteiger partial charge in [-0.3, -0.25) is 0 Å². The van der Waals surface area contributed by atoms with Crippen LogP contribution in [0, 0.1) is 0 Å². The molecular weight excluding hydrogens is 398 g/mol. The van der Waals surface area contributed by atoms with Crippen LogP contribution in [0.1, 0.15) is 26.7 Å². The lowest BCUT2D eigenvalue weighted by atomic mass is 9.98. The van der Waals surface area contributed by atoms with Crippen LogP contribution in [0.3, 0.4) is 0 Å². The number of benzene rings is 1. The second-order valence-corrected chi connectivity index (χ2v) is 7.84. The largest absolute Gasteiger partial charge is 0.389 e. The monoisotopic (exact) mass is 413 g/mol. The summed E-state index contributed by atoms with van der Waals surface area (Å²) in [6.45, 7) is 3.65. The minimum Gasteiger partial charge on any atom is -0.389 e. The lowest BCUT2D eigenvalue weighted by Gasteiger charge is -2.25. The van der Waals surface area contributed by atoms with E-state index in [2.05, 4.69) is 36.6 Å². The van der Waals surface area contributed by atoms with E-state index in [1.807, 2.05) is 13.8 Å². The lowest BCUT2D eigenvalue weighted by Crippen LogP contribution is -2.42. The first-order valence-corrected chi connectivity index (χ1v) is 8.98. The van der Waals surface area contributed by atoms with E-state index in [1.165, 1.54) is 6.07 Å². The first-order valence-electron chi connectivity index (χ1n) is 5.91. The molecule has 0 heterocycles. The van der Waals surface area contributed by atoms with Gasteiger partial charge in [-0.25, -0.2) is 13.1 Å². The molecule has 0 fully saturated rings. The maximum absolute atomic E-state index is 12.2. The molecule has 2 N–H and O–H groups in total. The molecule has 1 rings (SSSR count). The Morgan fingerprint density at radius 1 is 1.26 bits per heavy atom. The molecule has 0 radical (unpaired) electrons. The molecule has 0 aliphatic heterocycles. The van der Waals surface area contributed by atoms with Gasteiger partial charge in [0, 0.05) is 15.5 Å². The van der Waals surface area contributed by atoms with Crippen LogP contribution in [0.15, 0.2) is 32.0 Å². The van der Waals surface area contributed by atoms with Crippen LogP contribution in [0.4, 0.5) is 0 Å². The van der Waals surface area contributed by atoms with E-state index in [0.717, 1.165) is 0 Å². The fourth-order valence-electron chi connectivity index (χ4n) is 1.49. The fraction of sp³-hybridized carbons (Fsp3) is 0.500. The summed E-state index contributed by atoms with van der Waals surface area (Å²) < 4.78 is 28.0. The molecule has 1 aromatic carbocycles. The molecule has 1 aromatic rings. The summed E-state index contributed by atoms with van der Waals surface area (Å²) in [6.07, 6.45) is 0.983. The van der Waals surface area contributed by atoms with Gasteiger partial charge in [-0.2, -0.15) is 0 Å². The molecule has 0 bridgehead atoms. The number of halogens is 2. The van der Waals surface area contributed by atoms with Crippen molar-refractivity contribution in [3.05, 3.63) is 27.1 Å². The van der Waals surface area contributed by atoms with Crippen molar-refractivity contribution in [1.82, 2.24) is 4.72 Å². The predicted molar refractivity (Wildman–Crippen MR) is 82.6 cm³/mol. The van der Waals surface area contributed by atoms with Crippen LogP contribution in [-0.4, -0.2) is 25.7 Å². The molecular formula is C12H17Br2NO3S. The topological polar surface area (TPSA) is 66.4 Å². The highest BCUT2D eigenvalue weighted by Gasteiger charge is 2.26. The number of hydrogen-bond acceptors (Lipinski definition) is 3. The Bertz CT molecular complexity index is 542. The Kier molecular flexibility index (Phi) is 6.00. The lowest BCUT2D eigenvalue weighted by molar-refractivity contribution is 0.0377. The van der Waals surface area contributed by atoms with E-state index >= 15 is 0 Å². The third-order valence-electron chi connectivity index (χ3n) is 3.09. The van der Waals surface area contributed by atoms with Gasteiger partial charge in [0.15, 0.2) is 0 Å². The Balaban J connectivity index is 2.96. The summed E-state index contributed by atoms with van der Waals surface area (Å²) in [5.74, 6) is 0. The summed E-state index contributed by atoms with van der Waals surface area (Å²) in [5, 5.41) is 10.1. The van der Waals surface area contributed by atoms with Gasteiger partial charge in [-0.15, -0.1) is 0 Å². The van der Waals surface area contributed by atoms with E-state index < -0.39 is 15.6 Å². The molecule has 0 saturated heterocycles. The molecule has 0 saturated carbocycles. The van der Waals surface area contributed by atoms with Crippen LogP contribution in [0.2, 0.25) is 0 Å². The molecule has 19 heavy (non-hydrogen) atoms. The van der Waals surface area contributed by atoms with Crippen LogP contribution in [-0.2, 0) is 10.0 Å². The molecule has 7 heteroatoms. The van der Waals surface area contributed by atoms with E-state index in [9.17, 15) is 13.5 Å². The van der Waals surface area contributed by atoms with Crippen molar-refractivity contribution < 1.29 is 13.5 Å². The zero-order chi connectivity index (χ0) is 14.7. The third-order valence-corrected chi connectivity index (χ3v) is 5.98. The summed E-state index contributed by atoms with van der Waals surface area (Å²) >= 11 is 6.46. The van der Waals surface area contributed by atoms with Gasteiger partial charge in [-0.05, 0) is 47.0 Å². The second-order valence-electron chi connectivity index (χ2n) is 4.33. The Labute approximate surface area is 130 Å². The van der Waals surface area contributed by atoms with E-state index in [-0.39, 0.29) is 11.4 Å². The predicted octanol–water partition coefficient (Wildman–Crippen LogP) is 3.04. The van der Waals surface area contributed by atoms with Crippen LogP contribution in [0.25, 0.3) is 0 Å². The van der Waals surface area contributed by atoms with E-state index in [1.54, 1.807) is 12.1 Å². The smallest absolute Gasteiger partial charge is 0.241 e. The van der Waals surface area contributed by atoms with Crippen molar-refractivity contribution in [1.29, 1.82) is 0 Å². The van der Waals surface area contributed by atoms with Gasteiger partial charge in [-0.1, -0.05) is 29.8 Å². The van der Waals surface area contributed by atoms with Crippen molar-refractivity contribution in [2.24, 2.45) is 0 Å². The second kappa shape index (κ2) is 6.67. The van der Waals surface area contributed by atoms with Crippen molar-refractivity contribution in [3.63, 3.8) is 0 Å². The zero-order valence-corrected chi connectivity index (χ0v) is 14.8. The van der Waals surface area contributed by atoms with Crippen molar-refractivity contribution >= 4 is 41.9 Å². The SMILES string of the molecule is CCC(O)(CC)CNS(=O)(=O)c1cc(Br)ccc1Br. The van der Waals surface area contributed by atoms with Crippen molar-refractivity contribution in [2.75, 3.05) is 6.54 Å². The normalized spacial score (nSPS) is 12.7. The highest BCUT2D eigenvalue weighted by atomic mass is 79.9. The summed E-state index contributed by atoms with van der Waals surface area (Å²) in [7, 11) is -3.65. The van der Waals surface area contributed by atoms with Gasteiger partial charge in [0.1, 0.15) is 0 Å². The Morgan fingerprint density at radius 2 is 1.84 bits per heavy atom. The van der Waals surface area contributed by atoms with Gasteiger partial charge in [0.25, 0.3) is 0 Å². The van der Waals surface area contributed by atoms with E-state index in [4.69, 9.17) is 0 Å². The molecule has 0 aliphatic rings. The standard InChI is InChI=1S/C12H17Br2NO3S/c1-3-12(16,4-2)8-15-19(17,18)11-7-9(13)5-6-10(11)14/h5-7,15-16H,3-4,8H2,1-2H3. The number of sulfonamides is 1. The average molecular weight is 415 g/mol. The molecule has 4 nitrogen and oxygen atoms in total. The first-order chi connectivity index (χ1) is 8.74. The molecule has 0 unspecified atom stereocenters. The minimum atomic E-state index is -3.65. The van der Waals surface area contributed by atoms with Crippen molar-refractivity contribution in [2.45, 2.75) is 37.2 Å². The Morgan fingerprint density at radius 3 is 2.37 bits per heavy atom. The minimum absolute atomic E-state index is 0.00128. The molecule has 0 atom stereocenters. The zero-order valence-electron chi connectivity index (χ0n) is 10.8. The van der Waals surface area contributed by atoms with Gasteiger partial charge in [0.05, 0.1) is 10.5 Å². The van der Waals surface area contributed by atoms with Crippen LogP contribution < -0.4 is 4.72 Å². The third kappa shape index (κ3) is 4.53.